The summed E-state index contributed by atoms with van der Waals surface area (Å²) in [5, 5.41) is 8.92. The summed E-state index contributed by atoms with van der Waals surface area (Å²) >= 11 is 0. The predicted molar refractivity (Wildman–Crippen MR) is 63.8 cm³/mol. The summed E-state index contributed by atoms with van der Waals surface area (Å²) in [5.74, 6) is -0.181. The van der Waals surface area contributed by atoms with E-state index < -0.39 is 5.97 Å². The lowest BCUT2D eigenvalue weighted by molar-refractivity contribution is 0.0697. The largest absolute Gasteiger partial charge is 0.478 e. The van der Waals surface area contributed by atoms with Crippen molar-refractivity contribution in [3.63, 3.8) is 0 Å². The monoisotopic (exact) mass is 228 g/mol. The average Bonchev–Trinajstić information content (AvgIpc) is 2.39. The first-order valence-corrected chi connectivity index (χ1v) is 5.36. The molecule has 1 aromatic heterocycles. The number of aryl methyl sites for hydroxylation is 1. The van der Waals surface area contributed by atoms with Crippen molar-refractivity contribution in [2.24, 2.45) is 0 Å². The Kier molecular flexibility index (Phi) is 3.14. The summed E-state index contributed by atoms with van der Waals surface area (Å²) in [7, 11) is 0. The van der Waals surface area contributed by atoms with Gasteiger partial charge in [-0.1, -0.05) is 19.1 Å². The van der Waals surface area contributed by atoms with E-state index in [0.29, 0.717) is 0 Å². The third-order valence-electron chi connectivity index (χ3n) is 2.43. The third-order valence-corrected chi connectivity index (χ3v) is 2.43. The van der Waals surface area contributed by atoms with Gasteiger partial charge in [0.2, 0.25) is 0 Å². The number of hydrogen-bond donors (Lipinski definition) is 1. The zero-order chi connectivity index (χ0) is 12.3. The van der Waals surface area contributed by atoms with Gasteiger partial charge in [0.25, 0.3) is 0 Å². The van der Waals surface area contributed by atoms with E-state index in [1.165, 1.54) is 0 Å². The molecule has 1 heterocycles. The fourth-order valence-corrected chi connectivity index (χ4v) is 1.54. The molecule has 4 heteroatoms. The maximum atomic E-state index is 10.9. The number of rotatable bonds is 3. The number of carbonyl (C=O) groups is 1. The lowest BCUT2D eigenvalue weighted by atomic mass is 10.1. The summed E-state index contributed by atoms with van der Waals surface area (Å²) in [6.45, 7) is 1.98. The molecule has 2 rings (SSSR count). The first kappa shape index (κ1) is 11.3. The second-order valence-corrected chi connectivity index (χ2v) is 3.60. The molecule has 86 valence electrons. The van der Waals surface area contributed by atoms with E-state index in [0.717, 1.165) is 23.5 Å². The van der Waals surface area contributed by atoms with Gasteiger partial charge < -0.3 is 5.11 Å². The first-order valence-electron chi connectivity index (χ1n) is 5.36. The SMILES string of the molecule is CCc1nccc(-c2cccc(C(=O)O)c2)n1. The molecule has 0 bridgehead atoms. The maximum Gasteiger partial charge on any atom is 0.335 e. The molecule has 0 spiro atoms. The van der Waals surface area contributed by atoms with E-state index in [4.69, 9.17) is 5.11 Å². The Hall–Kier alpha value is -2.23. The number of nitrogens with zero attached hydrogens (tertiary/aromatic N) is 2. The van der Waals surface area contributed by atoms with E-state index in [1.54, 1.807) is 30.5 Å². The topological polar surface area (TPSA) is 63.1 Å². The molecule has 0 aliphatic heterocycles. The highest BCUT2D eigenvalue weighted by atomic mass is 16.4. The average molecular weight is 228 g/mol. The van der Waals surface area contributed by atoms with Gasteiger partial charge in [-0.3, -0.25) is 0 Å². The zero-order valence-corrected chi connectivity index (χ0v) is 9.42. The summed E-state index contributed by atoms with van der Waals surface area (Å²) in [5.41, 5.74) is 1.81. The minimum atomic E-state index is -0.934. The van der Waals surface area contributed by atoms with Gasteiger partial charge in [-0.05, 0) is 18.2 Å². The molecule has 0 saturated carbocycles. The molecule has 0 aliphatic rings. The normalized spacial score (nSPS) is 10.2. The molecule has 0 amide bonds. The lowest BCUT2D eigenvalue weighted by Crippen LogP contribution is -1.97. The van der Waals surface area contributed by atoms with E-state index >= 15 is 0 Å². The lowest BCUT2D eigenvalue weighted by Gasteiger charge is -2.03. The van der Waals surface area contributed by atoms with Crippen molar-refractivity contribution in [2.75, 3.05) is 0 Å². The number of hydrogen-bond acceptors (Lipinski definition) is 3. The summed E-state index contributed by atoms with van der Waals surface area (Å²) in [4.78, 5) is 19.3. The Labute approximate surface area is 99.0 Å². The molecule has 1 N–H and O–H groups in total. The molecule has 0 aliphatic carbocycles. The van der Waals surface area contributed by atoms with Gasteiger partial charge in [-0.2, -0.15) is 0 Å². The fraction of sp³-hybridized carbons (Fsp3) is 0.154. The highest BCUT2D eigenvalue weighted by Gasteiger charge is 2.06. The second kappa shape index (κ2) is 4.74. The Morgan fingerprint density at radius 1 is 1.35 bits per heavy atom. The van der Waals surface area contributed by atoms with Crippen molar-refractivity contribution in [1.82, 2.24) is 9.97 Å². The predicted octanol–water partition coefficient (Wildman–Crippen LogP) is 2.40. The molecular formula is C13H12N2O2. The van der Waals surface area contributed by atoms with Crippen LogP contribution in [0.15, 0.2) is 36.5 Å². The molecule has 0 unspecified atom stereocenters. The van der Waals surface area contributed by atoms with Crippen LogP contribution in [-0.4, -0.2) is 21.0 Å². The summed E-state index contributed by atoms with van der Waals surface area (Å²) < 4.78 is 0. The molecule has 4 nitrogen and oxygen atoms in total. The highest BCUT2D eigenvalue weighted by Crippen LogP contribution is 2.18. The van der Waals surface area contributed by atoms with Gasteiger partial charge in [0, 0.05) is 18.2 Å². The first-order chi connectivity index (χ1) is 8.20. The van der Waals surface area contributed by atoms with Crippen molar-refractivity contribution in [2.45, 2.75) is 13.3 Å². The third kappa shape index (κ3) is 2.47. The van der Waals surface area contributed by atoms with Crippen LogP contribution < -0.4 is 0 Å². The zero-order valence-electron chi connectivity index (χ0n) is 9.42. The standard InChI is InChI=1S/C13H12N2O2/c1-2-12-14-7-6-11(15-12)9-4-3-5-10(8-9)13(16)17/h3-8H,2H2,1H3,(H,16,17). The Bertz CT molecular complexity index is 553. The van der Waals surface area contributed by atoms with Crippen LogP contribution >= 0.6 is 0 Å². The Balaban J connectivity index is 2.45. The van der Waals surface area contributed by atoms with E-state index in [-0.39, 0.29) is 5.56 Å². The second-order valence-electron chi connectivity index (χ2n) is 3.60. The number of aromatic nitrogens is 2. The molecule has 1 aromatic carbocycles. The van der Waals surface area contributed by atoms with E-state index in [2.05, 4.69) is 9.97 Å². The molecule has 0 fully saturated rings. The molecule has 0 saturated heterocycles. The molecule has 2 aromatic rings. The minimum Gasteiger partial charge on any atom is -0.478 e. The van der Waals surface area contributed by atoms with Gasteiger partial charge in [0.1, 0.15) is 5.82 Å². The van der Waals surface area contributed by atoms with Crippen LogP contribution in [0, 0.1) is 0 Å². The van der Waals surface area contributed by atoms with Crippen LogP contribution in [-0.2, 0) is 6.42 Å². The Morgan fingerprint density at radius 2 is 2.18 bits per heavy atom. The maximum absolute atomic E-state index is 10.9. The van der Waals surface area contributed by atoms with Gasteiger partial charge in [0.15, 0.2) is 0 Å². The molecule has 17 heavy (non-hydrogen) atoms. The number of benzene rings is 1. The van der Waals surface area contributed by atoms with Gasteiger partial charge in [-0.25, -0.2) is 14.8 Å². The van der Waals surface area contributed by atoms with Crippen molar-refractivity contribution in [1.29, 1.82) is 0 Å². The van der Waals surface area contributed by atoms with Crippen molar-refractivity contribution in [3.05, 3.63) is 47.9 Å². The molecular weight excluding hydrogens is 216 g/mol. The van der Waals surface area contributed by atoms with Crippen molar-refractivity contribution in [3.8, 4) is 11.3 Å². The fourth-order valence-electron chi connectivity index (χ4n) is 1.54. The Morgan fingerprint density at radius 3 is 2.88 bits per heavy atom. The van der Waals surface area contributed by atoms with Crippen LogP contribution in [0.3, 0.4) is 0 Å². The number of aromatic carboxylic acids is 1. The van der Waals surface area contributed by atoms with Crippen LogP contribution in [0.4, 0.5) is 0 Å². The summed E-state index contributed by atoms with van der Waals surface area (Å²) in [6.07, 6.45) is 2.45. The van der Waals surface area contributed by atoms with E-state index in [9.17, 15) is 4.79 Å². The van der Waals surface area contributed by atoms with E-state index in [1.807, 2.05) is 13.0 Å². The van der Waals surface area contributed by atoms with Crippen LogP contribution in [0.25, 0.3) is 11.3 Å². The van der Waals surface area contributed by atoms with Crippen LogP contribution in [0.5, 0.6) is 0 Å². The van der Waals surface area contributed by atoms with Gasteiger partial charge in [-0.15, -0.1) is 0 Å². The summed E-state index contributed by atoms with van der Waals surface area (Å²) in [6, 6.07) is 8.51. The van der Waals surface area contributed by atoms with Crippen molar-refractivity contribution >= 4 is 5.97 Å². The quantitative estimate of drug-likeness (QED) is 0.876. The van der Waals surface area contributed by atoms with Crippen LogP contribution in [0.1, 0.15) is 23.1 Å². The molecule has 0 atom stereocenters. The number of carboxylic acid groups (broad SMARTS) is 1. The van der Waals surface area contributed by atoms with Gasteiger partial charge >= 0.3 is 5.97 Å². The highest BCUT2D eigenvalue weighted by molar-refractivity contribution is 5.89. The molecule has 0 radical (unpaired) electrons. The smallest absolute Gasteiger partial charge is 0.335 e. The van der Waals surface area contributed by atoms with Crippen LogP contribution in [0.2, 0.25) is 0 Å². The van der Waals surface area contributed by atoms with Gasteiger partial charge in [0.05, 0.1) is 11.3 Å². The minimum absolute atomic E-state index is 0.263. The van der Waals surface area contributed by atoms with Crippen molar-refractivity contribution < 1.29 is 9.90 Å². The number of carboxylic acids is 1.